The molecule has 1 aliphatic heterocycles. The lowest BCUT2D eigenvalue weighted by molar-refractivity contribution is 0.0735. The average molecular weight is 468 g/mol. The van der Waals surface area contributed by atoms with Gasteiger partial charge in [0.25, 0.3) is 10.0 Å². The van der Waals surface area contributed by atoms with Crippen molar-refractivity contribution in [2.24, 2.45) is 4.40 Å². The number of hydrogen-bond acceptors (Lipinski definition) is 8. The first-order chi connectivity index (χ1) is 15.9. The molecule has 3 aromatic carbocycles. The second-order valence-electron chi connectivity index (χ2n) is 6.84. The molecule has 0 fully saturated rings. The molecule has 3 aromatic rings. The number of rotatable bonds is 6. The van der Waals surface area contributed by atoms with Crippen LogP contribution in [0, 0.1) is 0 Å². The van der Waals surface area contributed by atoms with Crippen molar-refractivity contribution in [2.75, 3.05) is 26.6 Å². The third kappa shape index (κ3) is 4.20. The average Bonchev–Trinajstić information content (AvgIpc) is 3.09. The Bertz CT molecular complexity index is 1340. The van der Waals surface area contributed by atoms with Crippen molar-refractivity contribution in [2.45, 2.75) is 4.90 Å². The maximum Gasteiger partial charge on any atom is 0.343 e. The first-order valence-corrected chi connectivity index (χ1v) is 11.1. The van der Waals surface area contributed by atoms with Crippen molar-refractivity contribution >= 4 is 27.5 Å². The van der Waals surface area contributed by atoms with E-state index >= 15 is 0 Å². The second-order valence-corrected chi connectivity index (χ2v) is 8.41. The molecule has 170 valence electrons. The predicted octanol–water partition coefficient (Wildman–Crippen LogP) is 3.49. The minimum atomic E-state index is -3.80. The quantitative estimate of drug-likeness (QED) is 0.432. The fourth-order valence-electron chi connectivity index (χ4n) is 3.34. The summed E-state index contributed by atoms with van der Waals surface area (Å²) in [7, 11) is 0.554. The molecule has 0 radical (unpaired) electrons. The number of sulfonamides is 1. The van der Waals surface area contributed by atoms with E-state index in [9.17, 15) is 13.2 Å². The van der Waals surface area contributed by atoms with E-state index in [0.29, 0.717) is 28.5 Å². The fraction of sp³-hybridized carbons (Fsp3) is 0.130. The molecule has 0 aliphatic carbocycles. The Balaban J connectivity index is 1.64. The fourth-order valence-corrected chi connectivity index (χ4v) is 4.52. The summed E-state index contributed by atoms with van der Waals surface area (Å²) in [5.74, 6) is 0.597. The lowest BCUT2D eigenvalue weighted by atomic mass is 10.1. The van der Waals surface area contributed by atoms with E-state index in [2.05, 4.69) is 9.71 Å². The molecule has 10 heteroatoms. The Morgan fingerprint density at radius 3 is 2.15 bits per heavy atom. The molecule has 0 atom stereocenters. The van der Waals surface area contributed by atoms with E-state index in [1.165, 1.54) is 39.5 Å². The van der Waals surface area contributed by atoms with Gasteiger partial charge >= 0.3 is 5.97 Å². The molecule has 1 aliphatic rings. The van der Waals surface area contributed by atoms with Crippen molar-refractivity contribution in [3.63, 3.8) is 0 Å². The van der Waals surface area contributed by atoms with Crippen molar-refractivity contribution in [1.29, 1.82) is 0 Å². The highest BCUT2D eigenvalue weighted by atomic mass is 32.2. The zero-order valence-corrected chi connectivity index (χ0v) is 18.8. The third-order valence-electron chi connectivity index (χ3n) is 4.87. The molecule has 9 nitrogen and oxygen atoms in total. The van der Waals surface area contributed by atoms with Gasteiger partial charge in [0.15, 0.2) is 23.1 Å². The Kier molecular flexibility index (Phi) is 5.93. The SMILES string of the molecule is COc1cc(C(=O)Oc2ccccc2NC2=NS(=O)(=O)c3ccccc32)cc(OC)c1OC. The third-order valence-corrected chi connectivity index (χ3v) is 6.21. The van der Waals surface area contributed by atoms with Crippen LogP contribution in [0.25, 0.3) is 0 Å². The van der Waals surface area contributed by atoms with Crippen LogP contribution in [0.1, 0.15) is 15.9 Å². The minimum absolute atomic E-state index is 0.111. The Hall–Kier alpha value is -4.05. The lowest BCUT2D eigenvalue weighted by Gasteiger charge is -2.15. The Morgan fingerprint density at radius 2 is 1.48 bits per heavy atom. The minimum Gasteiger partial charge on any atom is -0.493 e. The summed E-state index contributed by atoms with van der Waals surface area (Å²) in [5.41, 5.74) is 0.970. The number of carbonyl (C=O) groups is 1. The highest BCUT2D eigenvalue weighted by Gasteiger charge is 2.29. The van der Waals surface area contributed by atoms with E-state index in [1.807, 2.05) is 0 Å². The van der Waals surface area contributed by atoms with Crippen molar-refractivity contribution < 1.29 is 32.2 Å². The molecular formula is C23H20N2O7S. The zero-order chi connectivity index (χ0) is 23.6. The summed E-state index contributed by atoms with van der Waals surface area (Å²) < 4.78 is 49.9. The number of para-hydroxylation sites is 2. The molecule has 4 rings (SSSR count). The van der Waals surface area contributed by atoms with Crippen molar-refractivity contribution in [3.05, 3.63) is 71.8 Å². The molecule has 0 saturated carbocycles. The molecule has 0 amide bonds. The molecule has 0 bridgehead atoms. The summed E-state index contributed by atoms with van der Waals surface area (Å²) >= 11 is 0. The number of esters is 1. The van der Waals surface area contributed by atoms with E-state index < -0.39 is 16.0 Å². The normalized spacial score (nSPS) is 13.5. The second kappa shape index (κ2) is 8.83. The van der Waals surface area contributed by atoms with Gasteiger partial charge in [-0.25, -0.2) is 4.79 Å². The largest absolute Gasteiger partial charge is 0.493 e. The number of amidine groups is 1. The number of methoxy groups -OCH3 is 3. The van der Waals surface area contributed by atoms with E-state index in [4.69, 9.17) is 18.9 Å². The molecule has 33 heavy (non-hydrogen) atoms. The van der Waals surface area contributed by atoms with Crippen LogP contribution >= 0.6 is 0 Å². The van der Waals surface area contributed by atoms with Gasteiger partial charge in [-0.3, -0.25) is 0 Å². The number of hydrogen-bond donors (Lipinski definition) is 1. The van der Waals surface area contributed by atoms with Gasteiger partial charge in [-0.1, -0.05) is 24.3 Å². The Labute approximate surface area is 190 Å². The summed E-state index contributed by atoms with van der Waals surface area (Å²) in [6.45, 7) is 0. The first-order valence-electron chi connectivity index (χ1n) is 9.70. The number of carbonyl (C=O) groups excluding carboxylic acids is 1. The summed E-state index contributed by atoms with van der Waals surface area (Å²) in [4.78, 5) is 13.0. The maximum atomic E-state index is 12.9. The van der Waals surface area contributed by atoms with Gasteiger partial charge in [0.05, 0.1) is 32.6 Å². The van der Waals surface area contributed by atoms with Gasteiger partial charge in [0.2, 0.25) is 5.75 Å². The van der Waals surface area contributed by atoms with Crippen molar-refractivity contribution in [3.8, 4) is 23.0 Å². The number of ether oxygens (including phenoxy) is 4. The van der Waals surface area contributed by atoms with Crippen LogP contribution in [0.4, 0.5) is 5.69 Å². The highest BCUT2D eigenvalue weighted by molar-refractivity contribution is 7.90. The van der Waals surface area contributed by atoms with Crippen LogP contribution in [0.3, 0.4) is 0 Å². The number of nitrogens with zero attached hydrogens (tertiary/aromatic N) is 1. The van der Waals surface area contributed by atoms with Crippen LogP contribution < -0.4 is 24.3 Å². The zero-order valence-electron chi connectivity index (χ0n) is 18.0. The maximum absolute atomic E-state index is 12.9. The van der Waals surface area contributed by atoms with Crippen LogP contribution in [0.5, 0.6) is 23.0 Å². The smallest absolute Gasteiger partial charge is 0.343 e. The molecule has 1 N–H and O–H groups in total. The van der Waals surface area contributed by atoms with Gasteiger partial charge in [-0.15, -0.1) is 4.40 Å². The van der Waals surface area contributed by atoms with E-state index in [1.54, 1.807) is 42.5 Å². The summed E-state index contributed by atoms with van der Waals surface area (Å²) in [6.07, 6.45) is 0. The van der Waals surface area contributed by atoms with Crippen molar-refractivity contribution in [1.82, 2.24) is 0 Å². The Morgan fingerprint density at radius 1 is 0.848 bits per heavy atom. The molecule has 0 spiro atoms. The molecule has 0 unspecified atom stereocenters. The number of anilines is 1. The van der Waals surface area contributed by atoms with Crippen LogP contribution in [0.15, 0.2) is 70.0 Å². The molecular weight excluding hydrogens is 448 g/mol. The van der Waals surface area contributed by atoms with E-state index in [-0.39, 0.29) is 22.0 Å². The van der Waals surface area contributed by atoms with Gasteiger partial charge in [0, 0.05) is 5.56 Å². The van der Waals surface area contributed by atoms with Gasteiger partial charge < -0.3 is 24.3 Å². The van der Waals surface area contributed by atoms with Crippen LogP contribution in [-0.4, -0.2) is 41.6 Å². The van der Waals surface area contributed by atoms with Crippen LogP contribution in [-0.2, 0) is 10.0 Å². The summed E-state index contributed by atoms with van der Waals surface area (Å²) in [6, 6.07) is 16.1. The van der Waals surface area contributed by atoms with Gasteiger partial charge in [0.1, 0.15) is 4.90 Å². The standard InChI is InChI=1S/C23H20N2O7S/c1-29-18-12-14(13-19(30-2)21(18)31-3)23(26)32-17-10-6-5-9-16(17)24-22-15-8-4-7-11-20(15)33(27,28)25-22/h4-13H,1-3H3,(H,24,25). The van der Waals surface area contributed by atoms with Gasteiger partial charge in [-0.2, -0.15) is 8.42 Å². The predicted molar refractivity (Wildman–Crippen MR) is 121 cm³/mol. The number of fused-ring (bicyclic) bond motifs is 1. The number of nitrogens with one attached hydrogen (secondary N) is 1. The molecule has 0 aromatic heterocycles. The summed E-state index contributed by atoms with van der Waals surface area (Å²) in [5, 5.41) is 2.97. The van der Waals surface area contributed by atoms with E-state index in [0.717, 1.165) is 0 Å². The molecule has 0 saturated heterocycles. The van der Waals surface area contributed by atoms with Crippen LogP contribution in [0.2, 0.25) is 0 Å². The number of benzene rings is 3. The highest BCUT2D eigenvalue weighted by Crippen LogP contribution is 2.39. The topological polar surface area (TPSA) is 113 Å². The first kappa shape index (κ1) is 22.2. The monoisotopic (exact) mass is 468 g/mol. The molecule has 1 heterocycles. The van der Waals surface area contributed by atoms with Gasteiger partial charge in [-0.05, 0) is 36.4 Å². The lowest BCUT2D eigenvalue weighted by Crippen LogP contribution is -2.15.